The second-order valence-electron chi connectivity index (χ2n) is 6.03. The smallest absolute Gasteiger partial charge is 0.207 e. The van der Waals surface area contributed by atoms with Gasteiger partial charge in [-0.15, -0.1) is 0 Å². The van der Waals surface area contributed by atoms with Crippen LogP contribution in [0.15, 0.2) is 42.7 Å². The lowest BCUT2D eigenvalue weighted by Crippen LogP contribution is -2.31. The molecule has 0 amide bonds. The zero-order valence-corrected chi connectivity index (χ0v) is 11.6. The molecule has 0 radical (unpaired) electrons. The van der Waals surface area contributed by atoms with Gasteiger partial charge in [0.25, 0.3) is 0 Å². The Balaban J connectivity index is 1.85. The first-order chi connectivity index (χ1) is 9.17. The molecule has 2 aromatic rings. The van der Waals surface area contributed by atoms with E-state index in [0.29, 0.717) is 11.5 Å². The molecule has 1 saturated carbocycles. The van der Waals surface area contributed by atoms with Gasteiger partial charge < -0.3 is 5.32 Å². The Hall–Kier alpha value is -1.77. The molecule has 100 valence electrons. The Kier molecular flexibility index (Phi) is 3.05. The highest BCUT2D eigenvalue weighted by atomic mass is 15.2. The highest BCUT2D eigenvalue weighted by molar-refractivity contribution is 5.42. The minimum absolute atomic E-state index is 0.355. The molecular formula is C16H21N3. The summed E-state index contributed by atoms with van der Waals surface area (Å²) in [4.78, 5) is 4.47. The van der Waals surface area contributed by atoms with Crippen LogP contribution in [0.25, 0.3) is 5.69 Å². The van der Waals surface area contributed by atoms with E-state index < -0.39 is 0 Å². The van der Waals surface area contributed by atoms with E-state index in [-0.39, 0.29) is 0 Å². The zero-order chi connectivity index (χ0) is 13.3. The van der Waals surface area contributed by atoms with Crippen molar-refractivity contribution in [2.45, 2.75) is 39.2 Å². The summed E-state index contributed by atoms with van der Waals surface area (Å²) in [6.45, 7) is 4.68. The SMILES string of the molecule is CC1(C)CCCC1Nc1nccn1-c1ccccc1. The summed E-state index contributed by atoms with van der Waals surface area (Å²) in [6, 6.07) is 10.9. The number of benzene rings is 1. The average molecular weight is 255 g/mol. The van der Waals surface area contributed by atoms with Crippen LogP contribution in [-0.2, 0) is 0 Å². The summed E-state index contributed by atoms with van der Waals surface area (Å²) in [5, 5.41) is 3.63. The number of nitrogens with zero attached hydrogens (tertiary/aromatic N) is 2. The number of rotatable bonds is 3. The van der Waals surface area contributed by atoms with Crippen molar-refractivity contribution >= 4 is 5.95 Å². The molecule has 19 heavy (non-hydrogen) atoms. The maximum absolute atomic E-state index is 4.47. The molecule has 0 aliphatic heterocycles. The Labute approximate surface area is 114 Å². The zero-order valence-electron chi connectivity index (χ0n) is 11.6. The third kappa shape index (κ3) is 2.37. The largest absolute Gasteiger partial charge is 0.352 e. The minimum Gasteiger partial charge on any atom is -0.352 e. The van der Waals surface area contributed by atoms with Crippen molar-refractivity contribution in [3.8, 4) is 5.69 Å². The average Bonchev–Trinajstić information content (AvgIpc) is 2.99. The van der Waals surface area contributed by atoms with Gasteiger partial charge in [-0.25, -0.2) is 4.98 Å². The summed E-state index contributed by atoms with van der Waals surface area (Å²) in [5.41, 5.74) is 1.51. The van der Waals surface area contributed by atoms with Crippen molar-refractivity contribution in [3.05, 3.63) is 42.7 Å². The fourth-order valence-electron chi connectivity index (χ4n) is 2.96. The monoisotopic (exact) mass is 255 g/mol. The maximum Gasteiger partial charge on any atom is 0.207 e. The number of aromatic nitrogens is 2. The summed E-state index contributed by atoms with van der Waals surface area (Å²) in [5.74, 6) is 0.950. The minimum atomic E-state index is 0.355. The van der Waals surface area contributed by atoms with Gasteiger partial charge in [0.15, 0.2) is 0 Å². The molecule has 1 unspecified atom stereocenters. The standard InChI is InChI=1S/C16H21N3/c1-16(2)10-6-9-14(16)18-15-17-11-12-19(15)13-7-4-3-5-8-13/h3-5,7-8,11-12,14H,6,9-10H2,1-2H3,(H,17,18). The molecule has 0 spiro atoms. The van der Waals surface area contributed by atoms with E-state index in [1.54, 1.807) is 0 Å². The van der Waals surface area contributed by atoms with Gasteiger partial charge in [0.2, 0.25) is 5.95 Å². The predicted octanol–water partition coefficient (Wildman–Crippen LogP) is 3.86. The number of hydrogen-bond acceptors (Lipinski definition) is 2. The van der Waals surface area contributed by atoms with Crippen LogP contribution in [0.5, 0.6) is 0 Å². The van der Waals surface area contributed by atoms with Crippen LogP contribution in [-0.4, -0.2) is 15.6 Å². The van der Waals surface area contributed by atoms with Gasteiger partial charge in [-0.2, -0.15) is 0 Å². The van der Waals surface area contributed by atoms with Crippen LogP contribution in [0, 0.1) is 5.41 Å². The number of para-hydroxylation sites is 1. The molecule has 0 bridgehead atoms. The predicted molar refractivity (Wildman–Crippen MR) is 78.6 cm³/mol. The van der Waals surface area contributed by atoms with Crippen LogP contribution < -0.4 is 5.32 Å². The van der Waals surface area contributed by atoms with Crippen LogP contribution in [0.3, 0.4) is 0 Å². The van der Waals surface area contributed by atoms with Crippen molar-refractivity contribution < 1.29 is 0 Å². The Morgan fingerprint density at radius 2 is 2.05 bits per heavy atom. The van der Waals surface area contributed by atoms with Gasteiger partial charge in [-0.1, -0.05) is 38.5 Å². The quantitative estimate of drug-likeness (QED) is 0.902. The first-order valence-corrected chi connectivity index (χ1v) is 7.02. The molecule has 3 rings (SSSR count). The van der Waals surface area contributed by atoms with Gasteiger partial charge in [-0.05, 0) is 30.4 Å². The fraction of sp³-hybridized carbons (Fsp3) is 0.438. The highest BCUT2D eigenvalue weighted by Crippen LogP contribution is 2.38. The Morgan fingerprint density at radius 3 is 2.74 bits per heavy atom. The molecule has 3 nitrogen and oxygen atoms in total. The summed E-state index contributed by atoms with van der Waals surface area (Å²) < 4.78 is 2.12. The van der Waals surface area contributed by atoms with Crippen molar-refractivity contribution in [2.24, 2.45) is 5.41 Å². The Morgan fingerprint density at radius 1 is 1.26 bits per heavy atom. The molecule has 3 heteroatoms. The normalized spacial score (nSPS) is 21.5. The molecule has 1 aliphatic rings. The topological polar surface area (TPSA) is 29.9 Å². The van der Waals surface area contributed by atoms with Crippen molar-refractivity contribution in [1.82, 2.24) is 9.55 Å². The van der Waals surface area contributed by atoms with Crippen LogP contribution in [0.1, 0.15) is 33.1 Å². The van der Waals surface area contributed by atoms with Crippen molar-refractivity contribution in [1.29, 1.82) is 0 Å². The molecule has 1 heterocycles. The van der Waals surface area contributed by atoms with Crippen molar-refractivity contribution in [2.75, 3.05) is 5.32 Å². The lowest BCUT2D eigenvalue weighted by molar-refractivity contribution is 0.348. The Bertz CT molecular complexity index is 542. The second-order valence-corrected chi connectivity index (χ2v) is 6.03. The van der Waals surface area contributed by atoms with Gasteiger partial charge in [0, 0.05) is 24.1 Å². The van der Waals surface area contributed by atoms with E-state index in [0.717, 1.165) is 11.6 Å². The summed E-state index contributed by atoms with van der Waals surface area (Å²) in [6.07, 6.45) is 7.69. The number of hydrogen-bond donors (Lipinski definition) is 1. The van der Waals surface area contributed by atoms with Crippen LogP contribution in [0.2, 0.25) is 0 Å². The number of nitrogens with one attached hydrogen (secondary N) is 1. The van der Waals surface area contributed by atoms with Crippen molar-refractivity contribution in [3.63, 3.8) is 0 Å². The molecular weight excluding hydrogens is 234 g/mol. The van der Waals surface area contributed by atoms with Crippen LogP contribution in [0.4, 0.5) is 5.95 Å². The lowest BCUT2D eigenvalue weighted by Gasteiger charge is -2.28. The molecule has 1 aromatic carbocycles. The molecule has 1 atom stereocenters. The first-order valence-electron chi connectivity index (χ1n) is 7.02. The number of imidazole rings is 1. The second kappa shape index (κ2) is 4.72. The summed E-state index contributed by atoms with van der Waals surface area (Å²) in [7, 11) is 0. The fourth-order valence-corrected chi connectivity index (χ4v) is 2.96. The highest BCUT2D eigenvalue weighted by Gasteiger charge is 2.34. The molecule has 1 aromatic heterocycles. The van der Waals surface area contributed by atoms with Crippen LogP contribution >= 0.6 is 0 Å². The molecule has 1 aliphatic carbocycles. The van der Waals surface area contributed by atoms with Gasteiger partial charge in [-0.3, -0.25) is 4.57 Å². The maximum atomic E-state index is 4.47. The molecule has 0 saturated heterocycles. The summed E-state index contributed by atoms with van der Waals surface area (Å²) >= 11 is 0. The van der Waals surface area contributed by atoms with E-state index in [2.05, 4.69) is 53.0 Å². The first kappa shape index (κ1) is 12.3. The third-order valence-electron chi connectivity index (χ3n) is 4.24. The molecule has 1 N–H and O–H groups in total. The van der Waals surface area contributed by atoms with E-state index in [4.69, 9.17) is 0 Å². The lowest BCUT2D eigenvalue weighted by atomic mass is 9.87. The van der Waals surface area contributed by atoms with E-state index in [1.807, 2.05) is 18.5 Å². The number of anilines is 1. The van der Waals surface area contributed by atoms with Gasteiger partial charge >= 0.3 is 0 Å². The van der Waals surface area contributed by atoms with E-state index in [9.17, 15) is 0 Å². The van der Waals surface area contributed by atoms with E-state index in [1.165, 1.54) is 19.3 Å². The third-order valence-corrected chi connectivity index (χ3v) is 4.24. The van der Waals surface area contributed by atoms with E-state index >= 15 is 0 Å². The van der Waals surface area contributed by atoms with Gasteiger partial charge in [0.1, 0.15) is 0 Å². The van der Waals surface area contributed by atoms with Gasteiger partial charge in [0.05, 0.1) is 0 Å². The molecule has 1 fully saturated rings.